The normalized spacial score (nSPS) is 21.3. The lowest BCUT2D eigenvalue weighted by Gasteiger charge is -2.35. The first-order valence-corrected chi connectivity index (χ1v) is 24.4. The molecule has 1 unspecified atom stereocenters. The van der Waals surface area contributed by atoms with Gasteiger partial charge in [0.1, 0.15) is 12.0 Å². The Balaban J connectivity index is 1.32. The molecule has 6 rings (SSSR count). The van der Waals surface area contributed by atoms with Crippen LogP contribution in [-0.4, -0.2) is 89.9 Å². The summed E-state index contributed by atoms with van der Waals surface area (Å²) < 4.78 is 35.1. The fraction of sp³-hybridized carbons (Fsp3) is 0.480. The third kappa shape index (κ3) is 10.7. The van der Waals surface area contributed by atoms with Crippen molar-refractivity contribution in [2.45, 2.75) is 117 Å². The second-order valence-corrected chi connectivity index (χ2v) is 19.9. The van der Waals surface area contributed by atoms with Crippen molar-refractivity contribution in [3.8, 4) is 0 Å². The number of benzene rings is 2. The summed E-state index contributed by atoms with van der Waals surface area (Å²) in [7, 11) is -4.17. The van der Waals surface area contributed by atoms with E-state index in [4.69, 9.17) is 4.84 Å². The largest absolute Gasteiger partial charge is 0.355 e. The zero-order chi connectivity index (χ0) is 47.2. The van der Waals surface area contributed by atoms with Crippen LogP contribution in [0.25, 0.3) is 0 Å². The van der Waals surface area contributed by atoms with Gasteiger partial charge in [0.2, 0.25) is 17.5 Å². The van der Waals surface area contributed by atoms with Crippen molar-refractivity contribution < 1.29 is 46.4 Å². The third-order valence-corrected chi connectivity index (χ3v) is 13.7. The lowest BCUT2D eigenvalue weighted by molar-refractivity contribution is -0.437. The summed E-state index contributed by atoms with van der Waals surface area (Å²) in [6, 6.07) is 16.3. The summed E-state index contributed by atoms with van der Waals surface area (Å²) >= 11 is 0. The lowest BCUT2D eigenvalue weighted by Crippen LogP contribution is -2.53. The number of nitrogens with one attached hydrogen (secondary N) is 2. The number of hydrogen-bond donors (Lipinski definition) is 3. The highest BCUT2D eigenvalue weighted by molar-refractivity contribution is 7.85. The van der Waals surface area contributed by atoms with E-state index in [1.807, 2.05) is 55.5 Å². The Morgan fingerprint density at radius 3 is 2.15 bits per heavy atom. The van der Waals surface area contributed by atoms with Crippen LogP contribution in [0.2, 0.25) is 0 Å². The molecule has 65 heavy (non-hydrogen) atoms. The Morgan fingerprint density at radius 2 is 1.48 bits per heavy atom. The zero-order valence-electron chi connectivity index (χ0n) is 38.6. The predicted molar refractivity (Wildman–Crippen MR) is 250 cm³/mol. The molecule has 2 aromatic rings. The van der Waals surface area contributed by atoms with Crippen molar-refractivity contribution in [3.05, 3.63) is 107 Å². The first kappa shape index (κ1) is 48.8. The van der Waals surface area contributed by atoms with Gasteiger partial charge in [-0.3, -0.25) is 23.7 Å². The molecule has 1 saturated heterocycles. The number of allylic oxidation sites excluding steroid dienone is 8. The molecule has 4 amide bonds. The number of likely N-dealkylation sites (N-methyl/N-ethyl adjacent to an activating group) is 1. The molecule has 1 fully saturated rings. The number of carbonyl (C=O) groups is 5. The summed E-state index contributed by atoms with van der Waals surface area (Å²) in [6.07, 6.45) is 12.8. The highest BCUT2D eigenvalue weighted by atomic mass is 32.2. The Hall–Kier alpha value is -5.67. The standard InChI is InChI=1S/C50H63N5O9S/c1-7-28-51-46(59)50(47(60)52-29-15-9-10-21-45(58)64-55-43(56)26-27-44(55)57)33-35(22-24-41-48(3,4)37-17-11-13-19-39(37)53(41)8-2)32-36(34-50)23-25-42-49(5,6)38-18-12-14-20-40(38)54(42)30-16-31-65(61,62)63/h11-14,17-20,22-25,32H,7-10,15-16,21,26-31,33-34H2,1-6H3,(H2-,51,52,59,60,61,62,63)/p+1. The second-order valence-electron chi connectivity index (χ2n) is 18.4. The maximum absolute atomic E-state index is 14.7. The quantitative estimate of drug-likeness (QED) is 0.0435. The van der Waals surface area contributed by atoms with E-state index in [1.54, 1.807) is 0 Å². The van der Waals surface area contributed by atoms with E-state index in [9.17, 15) is 36.9 Å². The van der Waals surface area contributed by atoms with Crippen LogP contribution in [0.15, 0.2) is 95.8 Å². The number of amides is 4. The molecule has 2 aromatic carbocycles. The van der Waals surface area contributed by atoms with Crippen LogP contribution in [0.5, 0.6) is 0 Å². The van der Waals surface area contributed by atoms with Gasteiger partial charge in [-0.05, 0) is 81.7 Å². The van der Waals surface area contributed by atoms with Crippen molar-refractivity contribution in [2.24, 2.45) is 5.41 Å². The Labute approximate surface area is 383 Å². The first-order valence-electron chi connectivity index (χ1n) is 22.8. The van der Waals surface area contributed by atoms with Gasteiger partial charge >= 0.3 is 5.97 Å². The number of hydroxylamine groups is 2. The van der Waals surface area contributed by atoms with Crippen molar-refractivity contribution in [2.75, 3.05) is 36.8 Å². The number of nitrogens with zero attached hydrogens (tertiary/aromatic N) is 3. The van der Waals surface area contributed by atoms with Gasteiger partial charge in [-0.15, -0.1) is 5.06 Å². The minimum atomic E-state index is -4.17. The number of fused-ring (bicyclic) bond motifs is 2. The molecule has 0 aromatic heterocycles. The smallest absolute Gasteiger partial charge is 0.333 e. The maximum Gasteiger partial charge on any atom is 0.333 e. The molecule has 14 nitrogen and oxygen atoms in total. The number of imide groups is 1. The van der Waals surface area contributed by atoms with Crippen molar-refractivity contribution in [1.82, 2.24) is 15.7 Å². The summed E-state index contributed by atoms with van der Waals surface area (Å²) in [6.45, 7) is 14.4. The minimum Gasteiger partial charge on any atom is -0.355 e. The maximum atomic E-state index is 14.7. The van der Waals surface area contributed by atoms with Crippen LogP contribution >= 0.6 is 0 Å². The molecule has 3 N–H and O–H groups in total. The predicted octanol–water partition coefficient (Wildman–Crippen LogP) is 7.04. The molecule has 3 heterocycles. The molecule has 0 spiro atoms. The van der Waals surface area contributed by atoms with E-state index in [0.29, 0.717) is 43.8 Å². The zero-order valence-corrected chi connectivity index (χ0v) is 39.4. The van der Waals surface area contributed by atoms with Gasteiger partial charge in [-0.1, -0.05) is 81.8 Å². The fourth-order valence-corrected chi connectivity index (χ4v) is 10.0. The minimum absolute atomic E-state index is 0.00524. The van der Waals surface area contributed by atoms with Gasteiger partial charge in [-0.25, -0.2) is 4.79 Å². The van der Waals surface area contributed by atoms with E-state index >= 15 is 0 Å². The summed E-state index contributed by atoms with van der Waals surface area (Å²) in [5.41, 5.74) is 5.63. The van der Waals surface area contributed by atoms with E-state index in [-0.39, 0.29) is 62.1 Å². The van der Waals surface area contributed by atoms with E-state index in [2.05, 4.69) is 85.1 Å². The molecule has 348 valence electrons. The molecule has 15 heteroatoms. The molecule has 3 aliphatic heterocycles. The molecule has 0 bridgehead atoms. The van der Waals surface area contributed by atoms with E-state index in [1.165, 1.54) is 5.56 Å². The number of carbonyl (C=O) groups excluding carboxylic acids is 5. The number of anilines is 1. The van der Waals surface area contributed by atoms with Gasteiger partial charge in [0.15, 0.2) is 5.71 Å². The summed E-state index contributed by atoms with van der Waals surface area (Å²) in [5, 5.41) is 6.63. The number of unbranched alkanes of at least 4 members (excludes halogenated alkanes) is 2. The molecule has 0 saturated carbocycles. The second kappa shape index (κ2) is 20.2. The van der Waals surface area contributed by atoms with Gasteiger partial charge in [0, 0.05) is 79.8 Å². The molecule has 1 atom stereocenters. The first-order chi connectivity index (χ1) is 30.8. The monoisotopic (exact) mass is 910 g/mol. The molecular formula is C50H64N5O9S+. The average Bonchev–Trinajstić information content (AvgIpc) is 3.79. The third-order valence-electron chi connectivity index (χ3n) is 12.9. The average molecular weight is 911 g/mol. The summed E-state index contributed by atoms with van der Waals surface area (Å²) in [4.78, 5) is 72.5. The van der Waals surface area contributed by atoms with Crippen molar-refractivity contribution in [3.63, 3.8) is 0 Å². The lowest BCUT2D eigenvalue weighted by atomic mass is 9.70. The number of para-hydroxylation sites is 2. The van der Waals surface area contributed by atoms with Crippen molar-refractivity contribution >= 4 is 56.8 Å². The van der Waals surface area contributed by atoms with Crippen LogP contribution in [0, 0.1) is 5.41 Å². The number of rotatable bonds is 19. The van der Waals surface area contributed by atoms with Gasteiger partial charge < -0.3 is 20.4 Å². The van der Waals surface area contributed by atoms with Gasteiger partial charge in [0.05, 0.1) is 11.2 Å². The topological polar surface area (TPSA) is 182 Å². The highest BCUT2D eigenvalue weighted by Gasteiger charge is 2.49. The Bertz CT molecular complexity index is 2460. The molecular weight excluding hydrogens is 847 g/mol. The molecule has 1 aliphatic carbocycles. The van der Waals surface area contributed by atoms with Crippen LogP contribution in [0.3, 0.4) is 0 Å². The van der Waals surface area contributed by atoms with Crippen LogP contribution in [0.4, 0.5) is 11.4 Å². The SMILES string of the molecule is CCCNC(=O)C1(C(=O)NCCCCCC(=O)ON2C(=O)CCC2=O)CC(=CC=C2N(CC)c3ccccc3C2(C)C)C=C(C=CC2=[N+](CCCS(=O)(=O)O)c3ccccc3C2(C)C)C1. The van der Waals surface area contributed by atoms with Gasteiger partial charge in [0.25, 0.3) is 21.9 Å². The Kier molecular flexibility index (Phi) is 15.2. The fourth-order valence-electron chi connectivity index (χ4n) is 9.53. The van der Waals surface area contributed by atoms with E-state index < -0.39 is 44.6 Å². The van der Waals surface area contributed by atoms with E-state index in [0.717, 1.165) is 46.0 Å². The highest BCUT2D eigenvalue weighted by Crippen LogP contribution is 2.48. The van der Waals surface area contributed by atoms with Crippen molar-refractivity contribution in [1.29, 1.82) is 0 Å². The van der Waals surface area contributed by atoms with Crippen LogP contribution in [-0.2, 0) is 49.8 Å². The van der Waals surface area contributed by atoms with Crippen LogP contribution < -0.4 is 15.5 Å². The Morgan fingerprint density at radius 1 is 0.815 bits per heavy atom. The molecule has 4 aliphatic rings. The van der Waals surface area contributed by atoms with Crippen LogP contribution in [0.1, 0.15) is 117 Å². The van der Waals surface area contributed by atoms with Gasteiger partial charge in [-0.2, -0.15) is 13.0 Å². The number of hydrogen-bond acceptors (Lipinski definition) is 9. The molecule has 0 radical (unpaired) electrons. The summed E-state index contributed by atoms with van der Waals surface area (Å²) in [5.74, 6) is -2.91.